The van der Waals surface area contributed by atoms with Crippen molar-refractivity contribution in [1.29, 1.82) is 0 Å². The minimum atomic E-state index is -3.25. The number of ether oxygens (including phenoxy) is 4. The first-order valence-electron chi connectivity index (χ1n) is 11.5. The second kappa shape index (κ2) is 13.1. The van der Waals surface area contributed by atoms with Gasteiger partial charge in [0, 0.05) is 0 Å². The van der Waals surface area contributed by atoms with E-state index in [1.165, 1.54) is 0 Å². The normalized spacial score (nSPS) is 42.6. The summed E-state index contributed by atoms with van der Waals surface area (Å²) in [5.41, 5.74) is 1.59. The van der Waals surface area contributed by atoms with Crippen molar-refractivity contribution in [3.63, 3.8) is 0 Å². The van der Waals surface area contributed by atoms with Crippen molar-refractivity contribution in [2.75, 3.05) is 26.4 Å². The van der Waals surface area contributed by atoms with Crippen LogP contribution in [-0.4, -0.2) is 138 Å². The van der Waals surface area contributed by atoms with Gasteiger partial charge in [-0.1, -0.05) is 23.3 Å². The van der Waals surface area contributed by atoms with Crippen LogP contribution in [0.15, 0.2) is 23.3 Å². The maximum atomic E-state index is 10.9. The molecule has 10 N–H and O–H groups in total. The molecule has 0 saturated carbocycles. The summed E-state index contributed by atoms with van der Waals surface area (Å²) in [4.78, 5) is 0. The summed E-state index contributed by atoms with van der Waals surface area (Å²) < 4.78 is 21.3. The van der Waals surface area contributed by atoms with Crippen molar-refractivity contribution in [2.24, 2.45) is 0 Å². The molecule has 0 bridgehead atoms. The molecule has 2 aliphatic rings. The zero-order chi connectivity index (χ0) is 27.3. The van der Waals surface area contributed by atoms with Crippen molar-refractivity contribution >= 4 is 0 Å². The van der Waals surface area contributed by atoms with Crippen LogP contribution in [0.5, 0.6) is 0 Å². The first-order chi connectivity index (χ1) is 16.9. The molecule has 14 heteroatoms. The van der Waals surface area contributed by atoms with Gasteiger partial charge in [0.25, 0.3) is 0 Å². The molecule has 10 atom stereocenters. The van der Waals surface area contributed by atoms with Gasteiger partial charge >= 0.3 is 11.9 Å². The van der Waals surface area contributed by atoms with E-state index in [1.54, 1.807) is 19.9 Å². The SMILES string of the molecule is C/C(=C\CC/C(C)=C/COC1(OC2(O)O[C@H](CO)[C@@H](O)[C@H](O)[C@H]2O)O[C@H](CO)[C@@H](O)[C@H](O)[C@H]1O)CO. The maximum absolute atomic E-state index is 10.9. The number of aliphatic hydroxyl groups excluding tert-OH is 9. The fourth-order valence-corrected chi connectivity index (χ4v) is 3.77. The lowest BCUT2D eigenvalue weighted by molar-refractivity contribution is -0.561. The van der Waals surface area contributed by atoms with Crippen molar-refractivity contribution in [2.45, 2.75) is 87.5 Å². The van der Waals surface area contributed by atoms with Gasteiger partial charge in [0.2, 0.25) is 0 Å². The summed E-state index contributed by atoms with van der Waals surface area (Å²) in [6.07, 6.45) is -11.0. The summed E-state index contributed by atoms with van der Waals surface area (Å²) in [7, 11) is 0. The number of aliphatic hydroxyl groups is 10. The van der Waals surface area contributed by atoms with Crippen molar-refractivity contribution < 1.29 is 70.0 Å². The third kappa shape index (κ3) is 6.86. The summed E-state index contributed by atoms with van der Waals surface area (Å²) in [5, 5.41) is 100. The van der Waals surface area contributed by atoms with E-state index in [9.17, 15) is 46.0 Å². The summed E-state index contributed by atoms with van der Waals surface area (Å²) in [5.74, 6) is -6.12. The Balaban J connectivity index is 2.32. The largest absolute Gasteiger partial charge is 0.394 e. The molecule has 0 radical (unpaired) electrons. The summed E-state index contributed by atoms with van der Waals surface area (Å²) >= 11 is 0. The van der Waals surface area contributed by atoms with Gasteiger partial charge < -0.3 is 65.3 Å². The Bertz CT molecular complexity index is 757. The second-order valence-electron chi connectivity index (χ2n) is 8.97. The van der Waals surface area contributed by atoms with E-state index in [0.717, 1.165) is 11.1 Å². The molecule has 0 aromatic carbocycles. The van der Waals surface area contributed by atoms with Crippen LogP contribution >= 0.6 is 0 Å². The van der Waals surface area contributed by atoms with Gasteiger partial charge in [0.1, 0.15) is 36.6 Å². The highest BCUT2D eigenvalue weighted by atomic mass is 17.0. The minimum Gasteiger partial charge on any atom is -0.394 e. The van der Waals surface area contributed by atoms with Gasteiger partial charge in [0.15, 0.2) is 12.2 Å². The Morgan fingerprint density at radius 3 is 1.89 bits per heavy atom. The Labute approximate surface area is 207 Å². The minimum absolute atomic E-state index is 0.0686. The first kappa shape index (κ1) is 31.1. The van der Waals surface area contributed by atoms with Gasteiger partial charge in [-0.15, -0.1) is 0 Å². The van der Waals surface area contributed by atoms with Crippen molar-refractivity contribution in [1.82, 2.24) is 0 Å². The Morgan fingerprint density at radius 2 is 1.33 bits per heavy atom. The van der Waals surface area contributed by atoms with Gasteiger partial charge in [-0.05, 0) is 26.7 Å². The van der Waals surface area contributed by atoms with Gasteiger partial charge in [-0.25, -0.2) is 0 Å². The van der Waals surface area contributed by atoms with Crippen molar-refractivity contribution in [3.8, 4) is 0 Å². The Morgan fingerprint density at radius 1 is 0.778 bits per heavy atom. The van der Waals surface area contributed by atoms with E-state index in [1.807, 2.05) is 6.08 Å². The molecule has 14 nitrogen and oxygen atoms in total. The highest BCUT2D eigenvalue weighted by Gasteiger charge is 2.64. The molecule has 0 aromatic heterocycles. The molecule has 2 rings (SSSR count). The topological polar surface area (TPSA) is 239 Å². The average Bonchev–Trinajstić information content (AvgIpc) is 2.85. The summed E-state index contributed by atoms with van der Waals surface area (Å²) in [6.45, 7) is 1.30. The van der Waals surface area contributed by atoms with E-state index >= 15 is 0 Å². The zero-order valence-electron chi connectivity index (χ0n) is 20.1. The van der Waals surface area contributed by atoms with E-state index in [2.05, 4.69) is 0 Å². The van der Waals surface area contributed by atoms with Crippen LogP contribution in [0.2, 0.25) is 0 Å². The zero-order valence-corrected chi connectivity index (χ0v) is 20.1. The van der Waals surface area contributed by atoms with Crippen molar-refractivity contribution in [3.05, 3.63) is 23.3 Å². The van der Waals surface area contributed by atoms with Gasteiger partial charge in [-0.3, -0.25) is 4.74 Å². The fourth-order valence-electron chi connectivity index (χ4n) is 3.77. The van der Waals surface area contributed by atoms with E-state index in [4.69, 9.17) is 24.1 Å². The maximum Gasteiger partial charge on any atom is 0.318 e. The highest BCUT2D eigenvalue weighted by molar-refractivity contribution is 5.04. The van der Waals surface area contributed by atoms with E-state index in [0.29, 0.717) is 12.8 Å². The molecule has 0 spiro atoms. The molecular weight excluding hydrogens is 488 g/mol. The lowest BCUT2D eigenvalue weighted by Crippen LogP contribution is -2.73. The van der Waals surface area contributed by atoms with Gasteiger partial charge in [-0.2, -0.15) is 0 Å². The van der Waals surface area contributed by atoms with Crippen LogP contribution in [0.25, 0.3) is 0 Å². The second-order valence-corrected chi connectivity index (χ2v) is 8.97. The van der Waals surface area contributed by atoms with Crippen LogP contribution < -0.4 is 0 Å². The molecule has 2 saturated heterocycles. The monoisotopic (exact) mass is 526 g/mol. The quantitative estimate of drug-likeness (QED) is 0.0910. The molecule has 210 valence electrons. The van der Waals surface area contributed by atoms with Crippen LogP contribution in [-0.2, 0) is 18.9 Å². The number of allylic oxidation sites excluding steroid dienone is 2. The van der Waals surface area contributed by atoms with Crippen LogP contribution in [0.1, 0.15) is 26.7 Å². The molecule has 2 fully saturated rings. The fraction of sp³-hybridized carbons (Fsp3) is 0.818. The number of rotatable bonds is 11. The predicted octanol–water partition coefficient (Wildman–Crippen LogP) is -4.07. The van der Waals surface area contributed by atoms with E-state index in [-0.39, 0.29) is 13.2 Å². The Hall–Kier alpha value is -1.08. The predicted molar refractivity (Wildman–Crippen MR) is 119 cm³/mol. The Kier molecular flexibility index (Phi) is 11.4. The smallest absolute Gasteiger partial charge is 0.318 e. The lowest BCUT2D eigenvalue weighted by Gasteiger charge is -2.52. The molecule has 36 heavy (non-hydrogen) atoms. The van der Waals surface area contributed by atoms with E-state index < -0.39 is 74.0 Å². The molecule has 0 amide bonds. The van der Waals surface area contributed by atoms with Gasteiger partial charge in [0.05, 0.1) is 26.4 Å². The third-order valence-electron chi connectivity index (χ3n) is 6.13. The third-order valence-corrected chi connectivity index (χ3v) is 6.13. The average molecular weight is 527 g/mol. The van der Waals surface area contributed by atoms with Crippen LogP contribution in [0.4, 0.5) is 0 Å². The molecule has 0 aromatic rings. The highest BCUT2D eigenvalue weighted by Crippen LogP contribution is 2.39. The lowest BCUT2D eigenvalue weighted by atomic mass is 9.96. The first-order valence-corrected chi connectivity index (χ1v) is 11.5. The van der Waals surface area contributed by atoms with Crippen LogP contribution in [0.3, 0.4) is 0 Å². The molecule has 2 unspecified atom stereocenters. The van der Waals surface area contributed by atoms with Crippen LogP contribution in [0, 0.1) is 0 Å². The molecule has 0 aliphatic carbocycles. The summed E-state index contributed by atoms with van der Waals surface area (Å²) in [6, 6.07) is 0. The molecular formula is C22H38O14. The molecule has 2 heterocycles. The standard InChI is InChI=1S/C22H38O14/c1-11(4-3-5-12(2)8-23)6-7-33-22(20(31)18(29)16(27)14(10-25)35-22)36-21(32)19(30)17(28)15(26)13(9-24)34-21/h5-6,13-20,23-32H,3-4,7-10H2,1-2H3/b11-6+,12-5+/t13-,14-,15-,16-,17+,18+,19-,20-,21?,22?/m1/s1. The molecule has 2 aliphatic heterocycles. The number of hydrogen-bond acceptors (Lipinski definition) is 14. The number of hydrogen-bond donors (Lipinski definition) is 10.